The maximum Gasteiger partial charge on any atom is 0.331 e. The molecule has 6 heteroatoms. The molecular weight excluding hydrogens is 356 g/mol. The molecule has 2 aromatic rings. The first-order valence-corrected chi connectivity index (χ1v) is 9.23. The quantitative estimate of drug-likeness (QED) is 0.531. The molecule has 1 aromatic heterocycles. The Kier molecular flexibility index (Phi) is 8.21. The van der Waals surface area contributed by atoms with Crippen molar-refractivity contribution in [3.05, 3.63) is 66.0 Å². The molecule has 0 aliphatic rings. The first kappa shape index (κ1) is 21.2. The van der Waals surface area contributed by atoms with Crippen molar-refractivity contribution < 1.29 is 19.1 Å². The predicted molar refractivity (Wildman–Crippen MR) is 107 cm³/mol. The summed E-state index contributed by atoms with van der Waals surface area (Å²) in [5, 5.41) is 2.73. The molecule has 0 radical (unpaired) electrons. The van der Waals surface area contributed by atoms with Crippen LogP contribution >= 0.6 is 0 Å². The Balaban J connectivity index is 1.79. The van der Waals surface area contributed by atoms with Crippen molar-refractivity contribution in [2.75, 3.05) is 6.54 Å². The molecule has 1 amide bonds. The van der Waals surface area contributed by atoms with Crippen molar-refractivity contribution in [1.82, 2.24) is 10.3 Å². The summed E-state index contributed by atoms with van der Waals surface area (Å²) in [4.78, 5) is 27.9. The van der Waals surface area contributed by atoms with E-state index < -0.39 is 12.1 Å². The molecule has 0 saturated heterocycles. The van der Waals surface area contributed by atoms with Gasteiger partial charge in [0, 0.05) is 18.8 Å². The fourth-order valence-electron chi connectivity index (χ4n) is 2.20. The zero-order valence-electron chi connectivity index (χ0n) is 16.4. The van der Waals surface area contributed by atoms with E-state index in [0.717, 1.165) is 11.3 Å². The smallest absolute Gasteiger partial charge is 0.331 e. The summed E-state index contributed by atoms with van der Waals surface area (Å²) in [5.74, 6) is 0.177. The fraction of sp³-hybridized carbons (Fsp3) is 0.318. The number of amides is 1. The second kappa shape index (κ2) is 10.9. The predicted octanol–water partition coefficient (Wildman–Crippen LogP) is 3.38. The highest BCUT2D eigenvalue weighted by Gasteiger charge is 2.16. The summed E-state index contributed by atoms with van der Waals surface area (Å²) >= 11 is 0. The van der Waals surface area contributed by atoms with Gasteiger partial charge >= 0.3 is 5.97 Å². The van der Waals surface area contributed by atoms with Gasteiger partial charge in [-0.05, 0) is 48.7 Å². The second-order valence-corrected chi connectivity index (χ2v) is 6.73. The monoisotopic (exact) mass is 382 g/mol. The van der Waals surface area contributed by atoms with Gasteiger partial charge in [0.05, 0.1) is 5.69 Å². The number of pyridine rings is 1. The fourth-order valence-corrected chi connectivity index (χ4v) is 2.20. The Morgan fingerprint density at radius 2 is 1.86 bits per heavy atom. The van der Waals surface area contributed by atoms with E-state index in [1.807, 2.05) is 56.3 Å². The largest absolute Gasteiger partial charge is 0.487 e. The van der Waals surface area contributed by atoms with Crippen LogP contribution in [0.4, 0.5) is 0 Å². The molecule has 1 atom stereocenters. The molecular formula is C22H26N2O4. The summed E-state index contributed by atoms with van der Waals surface area (Å²) in [6, 6.07) is 13.0. The number of esters is 1. The van der Waals surface area contributed by atoms with Crippen LogP contribution in [0.5, 0.6) is 5.75 Å². The lowest BCUT2D eigenvalue weighted by molar-refractivity contribution is -0.150. The number of carbonyl (C=O) groups excluding carboxylic acids is 2. The molecule has 0 bridgehead atoms. The Labute approximate surface area is 165 Å². The van der Waals surface area contributed by atoms with Gasteiger partial charge in [-0.1, -0.05) is 32.0 Å². The van der Waals surface area contributed by atoms with Crippen molar-refractivity contribution in [2.24, 2.45) is 5.92 Å². The number of aromatic nitrogens is 1. The summed E-state index contributed by atoms with van der Waals surface area (Å²) in [5.41, 5.74) is 1.67. The van der Waals surface area contributed by atoms with Crippen LogP contribution < -0.4 is 10.1 Å². The molecule has 1 unspecified atom stereocenters. The molecule has 148 valence electrons. The van der Waals surface area contributed by atoms with Gasteiger partial charge in [0.1, 0.15) is 12.4 Å². The Hall–Kier alpha value is -3.15. The molecule has 0 spiro atoms. The number of hydrogen-bond acceptors (Lipinski definition) is 5. The minimum atomic E-state index is -0.835. The van der Waals surface area contributed by atoms with Crippen molar-refractivity contribution >= 4 is 18.0 Å². The number of ether oxygens (including phenoxy) is 2. The van der Waals surface area contributed by atoms with Crippen molar-refractivity contribution in [3.8, 4) is 5.75 Å². The van der Waals surface area contributed by atoms with E-state index in [4.69, 9.17) is 9.47 Å². The first-order chi connectivity index (χ1) is 13.4. The van der Waals surface area contributed by atoms with E-state index in [1.54, 1.807) is 19.2 Å². The van der Waals surface area contributed by atoms with Crippen molar-refractivity contribution in [3.63, 3.8) is 0 Å². The molecule has 28 heavy (non-hydrogen) atoms. The maximum absolute atomic E-state index is 11.9. The van der Waals surface area contributed by atoms with Crippen LogP contribution in [0.1, 0.15) is 32.0 Å². The SMILES string of the molecule is CC(C)CNC(=O)C(C)OC(=O)/C=C/c1ccc(OCc2ccccn2)cc1. The lowest BCUT2D eigenvalue weighted by Gasteiger charge is -2.13. The third kappa shape index (κ3) is 7.61. The van der Waals surface area contributed by atoms with Gasteiger partial charge in [0.15, 0.2) is 6.10 Å². The Bertz CT molecular complexity index is 786. The van der Waals surface area contributed by atoms with Crippen LogP contribution in [-0.2, 0) is 20.9 Å². The van der Waals surface area contributed by atoms with Crippen LogP contribution in [0, 0.1) is 5.92 Å². The molecule has 1 aromatic carbocycles. The van der Waals surface area contributed by atoms with Gasteiger partial charge in [0.25, 0.3) is 5.91 Å². The van der Waals surface area contributed by atoms with Gasteiger partial charge in [-0.25, -0.2) is 4.79 Å². The molecule has 1 heterocycles. The van der Waals surface area contributed by atoms with Gasteiger partial charge in [-0.2, -0.15) is 0 Å². The highest BCUT2D eigenvalue weighted by atomic mass is 16.5. The van der Waals surface area contributed by atoms with Crippen LogP contribution in [-0.4, -0.2) is 29.5 Å². The average Bonchev–Trinajstić information content (AvgIpc) is 2.70. The lowest BCUT2D eigenvalue weighted by Crippen LogP contribution is -2.37. The van der Waals surface area contributed by atoms with E-state index in [0.29, 0.717) is 24.8 Å². The zero-order chi connectivity index (χ0) is 20.4. The van der Waals surface area contributed by atoms with Crippen LogP contribution in [0.15, 0.2) is 54.7 Å². The number of benzene rings is 1. The van der Waals surface area contributed by atoms with Gasteiger partial charge in [-0.15, -0.1) is 0 Å². The van der Waals surface area contributed by atoms with E-state index in [1.165, 1.54) is 6.08 Å². The number of rotatable bonds is 9. The van der Waals surface area contributed by atoms with Gasteiger partial charge in [-0.3, -0.25) is 9.78 Å². The molecule has 1 N–H and O–H groups in total. The Morgan fingerprint density at radius 1 is 1.11 bits per heavy atom. The Morgan fingerprint density at radius 3 is 2.50 bits per heavy atom. The van der Waals surface area contributed by atoms with Crippen LogP contribution in [0.25, 0.3) is 6.08 Å². The summed E-state index contributed by atoms with van der Waals surface area (Å²) < 4.78 is 10.8. The van der Waals surface area contributed by atoms with Crippen molar-refractivity contribution in [2.45, 2.75) is 33.5 Å². The summed E-state index contributed by atoms with van der Waals surface area (Å²) in [6.07, 6.45) is 3.82. The minimum Gasteiger partial charge on any atom is -0.487 e. The molecule has 0 aliphatic heterocycles. The first-order valence-electron chi connectivity index (χ1n) is 9.23. The number of nitrogens with one attached hydrogen (secondary N) is 1. The lowest BCUT2D eigenvalue weighted by atomic mass is 10.2. The third-order valence-corrected chi connectivity index (χ3v) is 3.75. The highest BCUT2D eigenvalue weighted by Crippen LogP contribution is 2.14. The molecule has 0 aliphatic carbocycles. The van der Waals surface area contributed by atoms with Gasteiger partial charge < -0.3 is 14.8 Å². The number of hydrogen-bond donors (Lipinski definition) is 1. The standard InChI is InChI=1S/C22H26N2O4/c1-16(2)14-24-22(26)17(3)28-21(25)12-9-18-7-10-20(11-8-18)27-15-19-6-4-5-13-23-19/h4-13,16-17H,14-15H2,1-3H3,(H,24,26)/b12-9+. The average molecular weight is 382 g/mol. The normalized spacial score (nSPS) is 12.0. The zero-order valence-corrected chi connectivity index (χ0v) is 16.4. The second-order valence-electron chi connectivity index (χ2n) is 6.73. The minimum absolute atomic E-state index is 0.301. The van der Waals surface area contributed by atoms with Crippen LogP contribution in [0.3, 0.4) is 0 Å². The molecule has 2 rings (SSSR count). The van der Waals surface area contributed by atoms with E-state index in [2.05, 4.69) is 10.3 Å². The van der Waals surface area contributed by atoms with E-state index in [9.17, 15) is 9.59 Å². The molecule has 0 fully saturated rings. The summed E-state index contributed by atoms with van der Waals surface area (Å²) in [6.45, 7) is 6.47. The topological polar surface area (TPSA) is 77.5 Å². The maximum atomic E-state index is 11.9. The van der Waals surface area contributed by atoms with E-state index >= 15 is 0 Å². The highest BCUT2D eigenvalue weighted by molar-refractivity contribution is 5.90. The van der Waals surface area contributed by atoms with Crippen LogP contribution in [0.2, 0.25) is 0 Å². The third-order valence-electron chi connectivity index (χ3n) is 3.75. The van der Waals surface area contributed by atoms with E-state index in [-0.39, 0.29) is 5.91 Å². The van der Waals surface area contributed by atoms with Crippen molar-refractivity contribution in [1.29, 1.82) is 0 Å². The molecule has 0 saturated carbocycles. The molecule has 6 nitrogen and oxygen atoms in total. The summed E-state index contributed by atoms with van der Waals surface area (Å²) in [7, 11) is 0. The number of nitrogens with zero attached hydrogens (tertiary/aromatic N) is 1. The number of carbonyl (C=O) groups is 2. The van der Waals surface area contributed by atoms with Gasteiger partial charge in [0.2, 0.25) is 0 Å².